The summed E-state index contributed by atoms with van der Waals surface area (Å²) in [5.74, 6) is 0.148. The smallest absolute Gasteiger partial charge is 0.410 e. The van der Waals surface area contributed by atoms with Crippen LogP contribution < -0.4 is 5.32 Å². The number of carbonyl (C=O) groups is 1. The highest BCUT2D eigenvalue weighted by atomic mass is 79.9. The van der Waals surface area contributed by atoms with Gasteiger partial charge in [0.2, 0.25) is 0 Å². The minimum Gasteiger partial charge on any atom is -0.491 e. The molecule has 1 fully saturated rings. The number of ether oxygens (including phenoxy) is 1. The molecule has 2 rings (SSSR count). The lowest BCUT2D eigenvalue weighted by Gasteiger charge is -2.24. The average molecular weight is 359 g/mol. The van der Waals surface area contributed by atoms with Crippen molar-refractivity contribution >= 4 is 27.8 Å². The van der Waals surface area contributed by atoms with Crippen molar-refractivity contribution in [1.82, 2.24) is 14.9 Å². The predicted molar refractivity (Wildman–Crippen MR) is 81.2 cm³/mol. The zero-order valence-corrected chi connectivity index (χ0v) is 13.8. The maximum atomic E-state index is 12.0. The summed E-state index contributed by atoms with van der Waals surface area (Å²) >= 11 is 3.13. The Labute approximate surface area is 131 Å². The second-order valence-electron chi connectivity index (χ2n) is 5.92. The second-order valence-corrected chi connectivity index (χ2v) is 6.73. The summed E-state index contributed by atoms with van der Waals surface area (Å²) in [7, 11) is 0. The molecule has 1 aromatic heterocycles. The molecule has 0 aliphatic carbocycles. The largest absolute Gasteiger partial charge is 0.491 e. The number of likely N-dealkylation sites (tertiary alicyclic amines) is 1. The van der Waals surface area contributed by atoms with Gasteiger partial charge in [0.05, 0.1) is 6.20 Å². The fraction of sp³-hybridized carbons (Fsp3) is 0.615. The first-order valence-corrected chi connectivity index (χ1v) is 7.50. The number of aromatic hydroxyl groups is 1. The van der Waals surface area contributed by atoms with E-state index < -0.39 is 5.60 Å². The minimum absolute atomic E-state index is 0.0129. The molecule has 116 valence electrons. The maximum Gasteiger partial charge on any atom is 0.410 e. The molecule has 0 aromatic carbocycles. The fourth-order valence-corrected chi connectivity index (χ4v) is 2.29. The van der Waals surface area contributed by atoms with Crippen LogP contribution in [-0.4, -0.2) is 50.8 Å². The van der Waals surface area contributed by atoms with Crippen molar-refractivity contribution in [2.24, 2.45) is 0 Å². The molecule has 1 aliphatic rings. The first-order chi connectivity index (χ1) is 9.74. The number of rotatable bonds is 2. The molecule has 21 heavy (non-hydrogen) atoms. The van der Waals surface area contributed by atoms with Gasteiger partial charge < -0.3 is 20.1 Å². The Kier molecular flexibility index (Phi) is 4.55. The number of halogens is 1. The Hall–Kier alpha value is -1.57. The van der Waals surface area contributed by atoms with E-state index in [1.165, 1.54) is 6.20 Å². The molecule has 1 aromatic rings. The molecule has 0 saturated carbocycles. The van der Waals surface area contributed by atoms with E-state index in [1.807, 2.05) is 20.8 Å². The molecule has 7 nitrogen and oxygen atoms in total. The van der Waals surface area contributed by atoms with Gasteiger partial charge in [-0.1, -0.05) is 0 Å². The lowest BCUT2D eigenvalue weighted by atomic mass is 10.2. The second kappa shape index (κ2) is 6.05. The lowest BCUT2D eigenvalue weighted by Crippen LogP contribution is -2.36. The van der Waals surface area contributed by atoms with Gasteiger partial charge in [-0.25, -0.2) is 14.8 Å². The molecule has 0 spiro atoms. The topological polar surface area (TPSA) is 87.6 Å². The van der Waals surface area contributed by atoms with E-state index in [2.05, 4.69) is 31.2 Å². The number of aromatic nitrogens is 2. The summed E-state index contributed by atoms with van der Waals surface area (Å²) in [5, 5.41) is 12.8. The van der Waals surface area contributed by atoms with E-state index in [1.54, 1.807) is 4.90 Å². The predicted octanol–water partition coefficient (Wildman–Crippen LogP) is 2.37. The highest BCUT2D eigenvalue weighted by Crippen LogP contribution is 2.23. The van der Waals surface area contributed by atoms with Gasteiger partial charge in [0.25, 0.3) is 5.88 Å². The molecular weight excluding hydrogens is 340 g/mol. The van der Waals surface area contributed by atoms with Crippen molar-refractivity contribution in [1.29, 1.82) is 0 Å². The van der Waals surface area contributed by atoms with Gasteiger partial charge in [-0.2, -0.15) is 0 Å². The quantitative estimate of drug-likeness (QED) is 0.843. The number of hydrogen-bond donors (Lipinski definition) is 2. The summed E-state index contributed by atoms with van der Waals surface area (Å²) in [4.78, 5) is 21.5. The third-order valence-electron chi connectivity index (χ3n) is 2.91. The first-order valence-electron chi connectivity index (χ1n) is 6.70. The van der Waals surface area contributed by atoms with Crippen LogP contribution >= 0.6 is 15.9 Å². The highest BCUT2D eigenvalue weighted by molar-refractivity contribution is 9.10. The summed E-state index contributed by atoms with van der Waals surface area (Å²) in [5.41, 5.74) is -0.502. The SMILES string of the molecule is CC(C)(C)OC(=O)N1CCC(Nc2ncc(Br)nc2O)C1. The zero-order valence-electron chi connectivity index (χ0n) is 12.3. The van der Waals surface area contributed by atoms with Gasteiger partial charge in [0, 0.05) is 19.1 Å². The van der Waals surface area contributed by atoms with Gasteiger partial charge >= 0.3 is 6.09 Å². The molecule has 1 atom stereocenters. The molecule has 0 bridgehead atoms. The van der Waals surface area contributed by atoms with Crippen LogP contribution in [0.15, 0.2) is 10.8 Å². The van der Waals surface area contributed by atoms with Gasteiger partial charge in [-0.3, -0.25) is 0 Å². The normalized spacial score (nSPS) is 18.7. The van der Waals surface area contributed by atoms with E-state index in [0.29, 0.717) is 23.5 Å². The van der Waals surface area contributed by atoms with Crippen LogP contribution in [0.5, 0.6) is 5.88 Å². The third kappa shape index (κ3) is 4.45. The van der Waals surface area contributed by atoms with Crippen LogP contribution in [0, 0.1) is 0 Å². The lowest BCUT2D eigenvalue weighted by molar-refractivity contribution is 0.0293. The minimum atomic E-state index is -0.502. The molecule has 8 heteroatoms. The van der Waals surface area contributed by atoms with Crippen LogP contribution in [0.4, 0.5) is 10.6 Å². The van der Waals surface area contributed by atoms with Gasteiger partial charge in [0.1, 0.15) is 10.2 Å². The monoisotopic (exact) mass is 358 g/mol. The van der Waals surface area contributed by atoms with E-state index in [0.717, 1.165) is 6.42 Å². The zero-order chi connectivity index (χ0) is 15.6. The molecular formula is C13H19BrN4O3. The van der Waals surface area contributed by atoms with Crippen molar-refractivity contribution in [3.8, 4) is 5.88 Å². The Bertz CT molecular complexity index is 533. The number of amides is 1. The highest BCUT2D eigenvalue weighted by Gasteiger charge is 2.30. The summed E-state index contributed by atoms with van der Waals surface area (Å²) in [6.45, 7) is 6.63. The molecule has 1 unspecified atom stereocenters. The summed E-state index contributed by atoms with van der Waals surface area (Å²) < 4.78 is 5.80. The van der Waals surface area contributed by atoms with Gasteiger partial charge in [-0.05, 0) is 43.1 Å². The Morgan fingerprint density at radius 3 is 2.90 bits per heavy atom. The molecule has 2 N–H and O–H groups in total. The summed E-state index contributed by atoms with van der Waals surface area (Å²) in [6, 6.07) is 0.0129. The standard InChI is InChI=1S/C13H19BrN4O3/c1-13(2,3)21-12(20)18-5-4-8(7-18)16-10-11(19)17-9(14)6-15-10/h6,8H,4-5,7H2,1-3H3,(H,15,16)(H,17,19). The number of hydrogen-bond acceptors (Lipinski definition) is 6. The van der Waals surface area contributed by atoms with Crippen LogP contribution in [-0.2, 0) is 4.74 Å². The molecule has 1 amide bonds. The molecule has 2 heterocycles. The molecule has 0 radical (unpaired) electrons. The van der Waals surface area contributed by atoms with Crippen LogP contribution in [0.3, 0.4) is 0 Å². The third-order valence-corrected chi connectivity index (χ3v) is 3.29. The van der Waals surface area contributed by atoms with Gasteiger partial charge in [-0.15, -0.1) is 0 Å². The van der Waals surface area contributed by atoms with E-state index in [9.17, 15) is 9.90 Å². The fourth-order valence-electron chi connectivity index (χ4n) is 2.02. The Balaban J connectivity index is 1.92. The number of carbonyl (C=O) groups excluding carboxylic acids is 1. The van der Waals surface area contributed by atoms with Crippen molar-refractivity contribution in [3.63, 3.8) is 0 Å². The molecule has 1 saturated heterocycles. The first kappa shape index (κ1) is 15.8. The van der Waals surface area contributed by atoms with Crippen molar-refractivity contribution < 1.29 is 14.6 Å². The van der Waals surface area contributed by atoms with Crippen molar-refractivity contribution in [2.75, 3.05) is 18.4 Å². The van der Waals surface area contributed by atoms with Crippen LogP contribution in [0.25, 0.3) is 0 Å². The number of nitrogens with one attached hydrogen (secondary N) is 1. The van der Waals surface area contributed by atoms with E-state index in [-0.39, 0.29) is 18.0 Å². The van der Waals surface area contributed by atoms with Crippen LogP contribution in [0.1, 0.15) is 27.2 Å². The Morgan fingerprint density at radius 1 is 1.57 bits per heavy atom. The maximum absolute atomic E-state index is 12.0. The number of nitrogens with zero attached hydrogens (tertiary/aromatic N) is 3. The van der Waals surface area contributed by atoms with Crippen LogP contribution in [0.2, 0.25) is 0 Å². The number of anilines is 1. The summed E-state index contributed by atoms with van der Waals surface area (Å²) in [6.07, 6.45) is 1.94. The van der Waals surface area contributed by atoms with E-state index in [4.69, 9.17) is 4.74 Å². The van der Waals surface area contributed by atoms with E-state index >= 15 is 0 Å². The van der Waals surface area contributed by atoms with Crippen molar-refractivity contribution in [3.05, 3.63) is 10.8 Å². The van der Waals surface area contributed by atoms with Crippen molar-refractivity contribution in [2.45, 2.75) is 38.8 Å². The average Bonchev–Trinajstić information content (AvgIpc) is 2.79. The molecule has 1 aliphatic heterocycles. The Morgan fingerprint density at radius 2 is 2.29 bits per heavy atom. The van der Waals surface area contributed by atoms with Gasteiger partial charge in [0.15, 0.2) is 5.82 Å².